The molecule has 1 amide bonds. The summed E-state index contributed by atoms with van der Waals surface area (Å²) >= 11 is 1.30. The zero-order chi connectivity index (χ0) is 15.2. The van der Waals surface area contributed by atoms with Crippen molar-refractivity contribution < 1.29 is 4.79 Å². The molecule has 114 valence electrons. The number of carbonyl (C=O) groups is 1. The molecule has 2 rings (SSSR count). The summed E-state index contributed by atoms with van der Waals surface area (Å²) in [5.41, 5.74) is 7.05. The van der Waals surface area contributed by atoms with Gasteiger partial charge in [0.05, 0.1) is 5.69 Å². The van der Waals surface area contributed by atoms with Gasteiger partial charge in [0.25, 0.3) is 5.91 Å². The van der Waals surface area contributed by atoms with Gasteiger partial charge in [0.2, 0.25) is 0 Å². The van der Waals surface area contributed by atoms with Crippen LogP contribution in [0.1, 0.15) is 55.6 Å². The first kappa shape index (κ1) is 15.7. The molecular formula is C15H22N4OS. The third-order valence-corrected chi connectivity index (χ3v) is 4.54. The smallest absolute Gasteiger partial charge is 0.263 e. The van der Waals surface area contributed by atoms with Crippen LogP contribution in [0.2, 0.25) is 0 Å². The van der Waals surface area contributed by atoms with Crippen LogP contribution in [0.3, 0.4) is 0 Å². The molecule has 3 N–H and O–H groups in total. The first-order valence-electron chi connectivity index (χ1n) is 7.43. The van der Waals surface area contributed by atoms with E-state index in [2.05, 4.69) is 22.2 Å². The van der Waals surface area contributed by atoms with Crippen molar-refractivity contribution in [3.05, 3.63) is 17.3 Å². The minimum Gasteiger partial charge on any atom is -0.396 e. The lowest BCUT2D eigenvalue weighted by molar-refractivity contribution is 0.0943. The molecule has 0 radical (unpaired) electrons. The van der Waals surface area contributed by atoms with Crippen LogP contribution in [-0.2, 0) is 0 Å². The van der Waals surface area contributed by atoms with E-state index in [1.807, 2.05) is 6.92 Å². The van der Waals surface area contributed by atoms with Gasteiger partial charge in [-0.2, -0.15) is 0 Å². The largest absolute Gasteiger partial charge is 0.396 e. The summed E-state index contributed by atoms with van der Waals surface area (Å²) in [4.78, 5) is 21.9. The number of hydrogen-bond donors (Lipinski definition) is 2. The maximum Gasteiger partial charge on any atom is 0.263 e. The number of carbonyl (C=O) groups excluding carboxylic acids is 1. The van der Waals surface area contributed by atoms with E-state index in [-0.39, 0.29) is 11.9 Å². The number of anilines is 1. The monoisotopic (exact) mass is 306 g/mol. The van der Waals surface area contributed by atoms with Crippen molar-refractivity contribution in [2.24, 2.45) is 0 Å². The third kappa shape index (κ3) is 3.91. The summed E-state index contributed by atoms with van der Waals surface area (Å²) in [6.07, 6.45) is 9.02. The van der Waals surface area contributed by atoms with Gasteiger partial charge in [-0.25, -0.2) is 9.97 Å². The average molecular weight is 306 g/mol. The molecule has 0 saturated heterocycles. The fraction of sp³-hybridized carbons (Fsp3) is 0.533. The molecule has 1 unspecified atom stereocenters. The zero-order valence-corrected chi connectivity index (χ0v) is 13.4. The highest BCUT2D eigenvalue weighted by atomic mass is 32.1. The van der Waals surface area contributed by atoms with Crippen LogP contribution in [0.5, 0.6) is 0 Å². The van der Waals surface area contributed by atoms with Gasteiger partial charge in [-0.15, -0.1) is 11.3 Å². The highest BCUT2D eigenvalue weighted by Gasteiger charge is 2.19. The van der Waals surface area contributed by atoms with Crippen LogP contribution in [0, 0.1) is 0 Å². The molecule has 0 saturated carbocycles. The number of unbranched alkanes of at least 4 members (excludes halogenated alkanes) is 3. The second kappa shape index (κ2) is 7.36. The number of fused-ring (bicyclic) bond motifs is 1. The molecule has 0 aliphatic carbocycles. The number of nitrogens with one attached hydrogen (secondary N) is 1. The molecule has 1 atom stereocenters. The van der Waals surface area contributed by atoms with Gasteiger partial charge in [-0.05, 0) is 13.3 Å². The molecule has 5 nitrogen and oxygen atoms in total. The van der Waals surface area contributed by atoms with Crippen LogP contribution in [0.25, 0.3) is 10.3 Å². The minimum absolute atomic E-state index is 0.125. The summed E-state index contributed by atoms with van der Waals surface area (Å²) in [5, 5.41) is 3.01. The number of aromatic nitrogens is 2. The molecule has 2 heterocycles. The normalized spacial score (nSPS) is 12.5. The Morgan fingerprint density at radius 1 is 1.33 bits per heavy atom. The lowest BCUT2D eigenvalue weighted by Crippen LogP contribution is -2.32. The fourth-order valence-electron chi connectivity index (χ4n) is 2.25. The Bertz CT molecular complexity index is 611. The van der Waals surface area contributed by atoms with Crippen LogP contribution in [-0.4, -0.2) is 21.9 Å². The summed E-state index contributed by atoms with van der Waals surface area (Å²) in [5.74, 6) is -0.125. The van der Waals surface area contributed by atoms with Crippen molar-refractivity contribution in [3.8, 4) is 0 Å². The van der Waals surface area contributed by atoms with Crippen LogP contribution >= 0.6 is 11.3 Å². The SMILES string of the molecule is CCCCCCC(C)NC(=O)c1sc2nccnc2c1N. The molecule has 2 aromatic rings. The van der Waals surface area contributed by atoms with Crippen LogP contribution in [0.4, 0.5) is 5.69 Å². The van der Waals surface area contributed by atoms with E-state index < -0.39 is 0 Å². The maximum atomic E-state index is 12.3. The second-order valence-electron chi connectivity index (χ2n) is 5.28. The Hall–Kier alpha value is -1.69. The number of rotatable bonds is 7. The summed E-state index contributed by atoms with van der Waals surface area (Å²) < 4.78 is 0. The van der Waals surface area contributed by atoms with Gasteiger partial charge in [0, 0.05) is 18.4 Å². The highest BCUT2D eigenvalue weighted by molar-refractivity contribution is 7.21. The summed E-state index contributed by atoms with van der Waals surface area (Å²) in [6, 6.07) is 0.153. The van der Waals surface area contributed by atoms with Crippen molar-refractivity contribution >= 4 is 33.3 Å². The fourth-order valence-corrected chi connectivity index (χ4v) is 3.18. The molecule has 6 heteroatoms. The minimum atomic E-state index is -0.125. The second-order valence-corrected chi connectivity index (χ2v) is 6.28. The zero-order valence-electron chi connectivity index (χ0n) is 12.6. The lowest BCUT2D eigenvalue weighted by atomic mass is 10.1. The van der Waals surface area contributed by atoms with Crippen molar-refractivity contribution in [1.29, 1.82) is 0 Å². The van der Waals surface area contributed by atoms with Gasteiger partial charge < -0.3 is 11.1 Å². The van der Waals surface area contributed by atoms with Crippen molar-refractivity contribution in [3.63, 3.8) is 0 Å². The predicted molar refractivity (Wildman–Crippen MR) is 87.5 cm³/mol. The van der Waals surface area contributed by atoms with Crippen molar-refractivity contribution in [2.45, 2.75) is 52.0 Å². The van der Waals surface area contributed by atoms with Gasteiger partial charge in [-0.1, -0.05) is 32.6 Å². The maximum absolute atomic E-state index is 12.3. The molecule has 0 aromatic carbocycles. The Kier molecular flexibility index (Phi) is 5.50. The van der Waals surface area contributed by atoms with Gasteiger partial charge in [0.15, 0.2) is 0 Å². The van der Waals surface area contributed by atoms with E-state index in [4.69, 9.17) is 5.73 Å². The summed E-state index contributed by atoms with van der Waals surface area (Å²) in [7, 11) is 0. The number of nitrogens with zero attached hydrogens (tertiary/aromatic N) is 2. The van der Waals surface area contributed by atoms with E-state index in [0.29, 0.717) is 20.9 Å². The van der Waals surface area contributed by atoms with E-state index in [0.717, 1.165) is 12.8 Å². The van der Waals surface area contributed by atoms with E-state index in [1.54, 1.807) is 12.4 Å². The van der Waals surface area contributed by atoms with Gasteiger partial charge in [0.1, 0.15) is 15.2 Å². The number of thiophene rings is 1. The Balaban J connectivity index is 1.97. The predicted octanol–water partition coefficient (Wildman–Crippen LogP) is 3.36. The number of hydrogen-bond acceptors (Lipinski definition) is 5. The topological polar surface area (TPSA) is 80.9 Å². The highest BCUT2D eigenvalue weighted by Crippen LogP contribution is 2.30. The van der Waals surface area contributed by atoms with E-state index >= 15 is 0 Å². The Labute approximate surface area is 129 Å². The van der Waals surface area contributed by atoms with Gasteiger partial charge >= 0.3 is 0 Å². The molecule has 21 heavy (non-hydrogen) atoms. The van der Waals surface area contributed by atoms with Crippen molar-refractivity contribution in [1.82, 2.24) is 15.3 Å². The molecule has 0 aliphatic heterocycles. The Morgan fingerprint density at radius 3 is 2.81 bits per heavy atom. The first-order valence-corrected chi connectivity index (χ1v) is 8.25. The molecule has 0 aliphatic rings. The number of nitrogen functional groups attached to an aromatic ring is 1. The molecule has 2 aromatic heterocycles. The standard InChI is InChI=1S/C15H22N4OS/c1-3-4-5-6-7-10(2)19-14(20)13-11(16)12-15(21-13)18-9-8-17-12/h8-10H,3-7,16H2,1-2H3,(H,19,20). The average Bonchev–Trinajstić information content (AvgIpc) is 2.81. The molecule has 0 fully saturated rings. The van der Waals surface area contributed by atoms with Gasteiger partial charge in [-0.3, -0.25) is 4.79 Å². The quantitative estimate of drug-likeness (QED) is 0.769. The number of nitrogens with two attached hydrogens (primary N) is 1. The molecule has 0 bridgehead atoms. The number of amides is 1. The Morgan fingerprint density at radius 2 is 2.10 bits per heavy atom. The van der Waals surface area contributed by atoms with E-state index in [9.17, 15) is 4.79 Å². The van der Waals surface area contributed by atoms with E-state index in [1.165, 1.54) is 30.6 Å². The van der Waals surface area contributed by atoms with Crippen LogP contribution < -0.4 is 11.1 Å². The van der Waals surface area contributed by atoms with Crippen LogP contribution in [0.15, 0.2) is 12.4 Å². The molecular weight excluding hydrogens is 284 g/mol. The van der Waals surface area contributed by atoms with Crippen molar-refractivity contribution in [2.75, 3.05) is 5.73 Å². The first-order chi connectivity index (χ1) is 10.1. The third-order valence-electron chi connectivity index (χ3n) is 3.44. The molecule has 0 spiro atoms. The summed E-state index contributed by atoms with van der Waals surface area (Å²) in [6.45, 7) is 4.22. The lowest BCUT2D eigenvalue weighted by Gasteiger charge is -2.13.